The van der Waals surface area contributed by atoms with E-state index in [0.717, 1.165) is 43.8 Å². The van der Waals surface area contributed by atoms with Gasteiger partial charge in [0.05, 0.1) is 6.54 Å². The molecule has 160 valence electrons. The molecule has 3 aliphatic rings. The van der Waals surface area contributed by atoms with Gasteiger partial charge in [0, 0.05) is 37.8 Å². The van der Waals surface area contributed by atoms with Crippen molar-refractivity contribution in [3.63, 3.8) is 0 Å². The summed E-state index contributed by atoms with van der Waals surface area (Å²) >= 11 is 0. The highest BCUT2D eigenvalue weighted by Crippen LogP contribution is 2.42. The molecule has 0 radical (unpaired) electrons. The van der Waals surface area contributed by atoms with Crippen LogP contribution in [0.1, 0.15) is 37.1 Å². The number of piperidine rings is 3. The predicted octanol–water partition coefficient (Wildman–Crippen LogP) is 3.67. The molecule has 3 saturated heterocycles. The van der Waals surface area contributed by atoms with Crippen molar-refractivity contribution in [2.24, 2.45) is 11.8 Å². The number of aromatic nitrogens is 2. The Morgan fingerprint density at radius 3 is 2.81 bits per heavy atom. The second-order valence-electron chi connectivity index (χ2n) is 9.40. The van der Waals surface area contributed by atoms with E-state index in [1.165, 1.54) is 12.0 Å². The average molecular weight is 417 g/mol. The Morgan fingerprint density at radius 2 is 1.94 bits per heavy atom. The molecule has 5 heterocycles. The van der Waals surface area contributed by atoms with Gasteiger partial charge in [0.1, 0.15) is 0 Å². The first-order chi connectivity index (χ1) is 15.2. The maximum absolute atomic E-state index is 13.0. The molecule has 2 aromatic heterocycles. The summed E-state index contributed by atoms with van der Waals surface area (Å²) in [6.07, 6.45) is 6.79. The number of hydrogen-bond acceptors (Lipinski definition) is 5. The number of benzene rings is 1. The van der Waals surface area contributed by atoms with Gasteiger partial charge in [-0.15, -0.1) is 0 Å². The largest absolute Gasteiger partial charge is 0.438 e. The van der Waals surface area contributed by atoms with E-state index in [1.54, 1.807) is 6.20 Å². The molecule has 3 aromatic rings. The van der Waals surface area contributed by atoms with E-state index < -0.39 is 0 Å². The molecule has 0 saturated carbocycles. The van der Waals surface area contributed by atoms with Crippen molar-refractivity contribution in [1.29, 1.82) is 0 Å². The third-order valence-electron chi connectivity index (χ3n) is 7.43. The number of nitrogens with zero attached hydrogens (tertiary/aromatic N) is 4. The molecule has 6 rings (SSSR count). The first-order valence-electron chi connectivity index (χ1n) is 11.5. The van der Waals surface area contributed by atoms with Gasteiger partial charge in [0.25, 0.3) is 0 Å². The van der Waals surface area contributed by atoms with Gasteiger partial charge in [-0.25, -0.2) is 4.98 Å². The molecule has 6 nitrogen and oxygen atoms in total. The Balaban J connectivity index is 1.27. The van der Waals surface area contributed by atoms with E-state index in [1.807, 2.05) is 12.1 Å². The van der Waals surface area contributed by atoms with Crippen LogP contribution < -0.4 is 0 Å². The van der Waals surface area contributed by atoms with Gasteiger partial charge in [-0.3, -0.25) is 9.69 Å². The quantitative estimate of drug-likeness (QED) is 0.649. The molecule has 0 spiro atoms. The number of likely N-dealkylation sites (tertiary alicyclic amines) is 1. The fourth-order valence-electron chi connectivity index (χ4n) is 6.19. The van der Waals surface area contributed by atoms with Gasteiger partial charge < -0.3 is 9.32 Å². The maximum atomic E-state index is 13.0. The van der Waals surface area contributed by atoms with Crippen LogP contribution in [0.25, 0.3) is 11.2 Å². The zero-order valence-corrected chi connectivity index (χ0v) is 17.7. The van der Waals surface area contributed by atoms with Gasteiger partial charge >= 0.3 is 0 Å². The third kappa shape index (κ3) is 3.53. The first-order valence-corrected chi connectivity index (χ1v) is 11.5. The molecule has 0 unspecified atom stereocenters. The van der Waals surface area contributed by atoms with E-state index >= 15 is 0 Å². The molecule has 2 bridgehead atoms. The summed E-state index contributed by atoms with van der Waals surface area (Å²) < 4.78 is 5.96. The minimum atomic E-state index is 0.282. The number of rotatable bonds is 4. The number of carbonyl (C=O) groups excluding carboxylic acids is 1. The lowest BCUT2D eigenvalue weighted by atomic mass is 9.71. The number of hydrogen-bond donors (Lipinski definition) is 0. The average Bonchev–Trinajstić information content (AvgIpc) is 3.20. The van der Waals surface area contributed by atoms with Crippen LogP contribution in [0.2, 0.25) is 0 Å². The summed E-state index contributed by atoms with van der Waals surface area (Å²) in [5.41, 5.74) is 2.76. The van der Waals surface area contributed by atoms with Gasteiger partial charge in [0.2, 0.25) is 11.8 Å². The minimum absolute atomic E-state index is 0.282. The fourth-order valence-corrected chi connectivity index (χ4v) is 6.19. The molecule has 31 heavy (non-hydrogen) atoms. The molecular weight excluding hydrogens is 388 g/mol. The molecule has 1 aromatic carbocycles. The van der Waals surface area contributed by atoms with Crippen LogP contribution in [0.4, 0.5) is 0 Å². The monoisotopic (exact) mass is 416 g/mol. The van der Waals surface area contributed by atoms with E-state index in [2.05, 4.69) is 50.1 Å². The predicted molar refractivity (Wildman–Crippen MR) is 117 cm³/mol. The second kappa shape index (κ2) is 7.75. The van der Waals surface area contributed by atoms with Crippen LogP contribution in [-0.2, 0) is 17.8 Å². The van der Waals surface area contributed by atoms with Crippen molar-refractivity contribution in [1.82, 2.24) is 19.8 Å². The van der Waals surface area contributed by atoms with Crippen molar-refractivity contribution >= 4 is 17.1 Å². The zero-order valence-electron chi connectivity index (χ0n) is 17.7. The lowest BCUT2D eigenvalue weighted by Crippen LogP contribution is -2.65. The van der Waals surface area contributed by atoms with Crippen molar-refractivity contribution in [2.75, 3.05) is 13.1 Å². The molecule has 4 atom stereocenters. The Hall–Kier alpha value is -2.73. The number of carbonyl (C=O) groups is 1. The molecule has 1 amide bonds. The second-order valence-corrected chi connectivity index (χ2v) is 9.40. The Bertz CT molecular complexity index is 1050. The summed E-state index contributed by atoms with van der Waals surface area (Å²) in [5.74, 6) is 2.13. The van der Waals surface area contributed by atoms with E-state index in [9.17, 15) is 4.79 Å². The molecule has 3 aliphatic heterocycles. The van der Waals surface area contributed by atoms with Crippen LogP contribution in [0.15, 0.2) is 53.1 Å². The van der Waals surface area contributed by atoms with E-state index in [-0.39, 0.29) is 6.04 Å². The summed E-state index contributed by atoms with van der Waals surface area (Å²) in [4.78, 5) is 26.7. The SMILES string of the molecule is O=C1CCC[C@H]2[C@@H]3C[C@@H](CN(Cc4nc5ncccc5o4)C3)[C@H](Cc3ccccc3)N12. The summed E-state index contributed by atoms with van der Waals surface area (Å²) in [7, 11) is 0. The molecule has 0 aliphatic carbocycles. The van der Waals surface area contributed by atoms with Gasteiger partial charge in [-0.05, 0) is 55.2 Å². The topological polar surface area (TPSA) is 62.5 Å². The minimum Gasteiger partial charge on any atom is -0.438 e. The maximum Gasteiger partial charge on any atom is 0.223 e. The molecule has 3 fully saturated rings. The Morgan fingerprint density at radius 1 is 1.06 bits per heavy atom. The van der Waals surface area contributed by atoms with Gasteiger partial charge in [-0.1, -0.05) is 30.3 Å². The lowest BCUT2D eigenvalue weighted by molar-refractivity contribution is -0.153. The zero-order chi connectivity index (χ0) is 20.8. The summed E-state index contributed by atoms with van der Waals surface area (Å²) in [5, 5.41) is 0. The van der Waals surface area contributed by atoms with Crippen LogP contribution in [0.3, 0.4) is 0 Å². The highest BCUT2D eigenvalue weighted by Gasteiger charge is 2.49. The van der Waals surface area contributed by atoms with Crippen LogP contribution >= 0.6 is 0 Å². The van der Waals surface area contributed by atoms with Gasteiger partial charge in [0.15, 0.2) is 11.2 Å². The molecule has 6 heteroatoms. The summed E-state index contributed by atoms with van der Waals surface area (Å²) in [6.45, 7) is 2.70. The fraction of sp³-hybridized carbons (Fsp3) is 0.480. The third-order valence-corrected chi connectivity index (χ3v) is 7.43. The molecular formula is C25H28N4O2. The Kier molecular flexibility index (Phi) is 4.75. The number of fused-ring (bicyclic) bond motifs is 5. The van der Waals surface area contributed by atoms with Crippen molar-refractivity contribution in [3.05, 3.63) is 60.1 Å². The Labute approximate surface area is 182 Å². The standard InChI is InChI=1S/C25H28N4O2/c30-24-10-4-8-20-18-13-19(21(29(20)24)12-17-6-2-1-3-7-17)15-28(14-18)16-23-27-25-22(31-23)9-5-11-26-25/h1-3,5-7,9,11,18-21H,4,8,10,12-16H2/t18-,19+,20+,21+/m1/s1. The normalized spacial score (nSPS) is 28.6. The van der Waals surface area contributed by atoms with Gasteiger partial charge in [-0.2, -0.15) is 4.98 Å². The van der Waals surface area contributed by atoms with E-state index in [0.29, 0.717) is 42.4 Å². The summed E-state index contributed by atoms with van der Waals surface area (Å²) in [6, 6.07) is 15.1. The van der Waals surface area contributed by atoms with E-state index in [4.69, 9.17) is 4.42 Å². The number of oxazole rings is 1. The smallest absolute Gasteiger partial charge is 0.223 e. The van der Waals surface area contributed by atoms with Crippen molar-refractivity contribution in [2.45, 2.75) is 50.7 Å². The van der Waals surface area contributed by atoms with Crippen LogP contribution in [0, 0.1) is 11.8 Å². The van der Waals surface area contributed by atoms with Crippen molar-refractivity contribution < 1.29 is 9.21 Å². The lowest BCUT2D eigenvalue weighted by Gasteiger charge is -2.56. The highest BCUT2D eigenvalue weighted by atomic mass is 16.3. The highest BCUT2D eigenvalue weighted by molar-refractivity contribution is 5.78. The van der Waals surface area contributed by atoms with Crippen LogP contribution in [0.5, 0.6) is 0 Å². The first kappa shape index (κ1) is 19.0. The number of amides is 1. The van der Waals surface area contributed by atoms with Crippen LogP contribution in [-0.4, -0.2) is 50.8 Å². The molecule has 0 N–H and O–H groups in total. The van der Waals surface area contributed by atoms with Crippen molar-refractivity contribution in [3.8, 4) is 0 Å². The number of pyridine rings is 1.